The number of amides is 1. The normalized spacial score (nSPS) is 23.2. The highest BCUT2D eigenvalue weighted by atomic mass is 16.2. The first kappa shape index (κ1) is 11.9. The number of nitrogens with zero attached hydrogens (tertiary/aromatic N) is 1. The van der Waals surface area contributed by atoms with Gasteiger partial charge in [-0.25, -0.2) is 0 Å². The van der Waals surface area contributed by atoms with Crippen LogP contribution in [0.25, 0.3) is 0 Å². The molecule has 2 fully saturated rings. The zero-order chi connectivity index (χ0) is 11.9. The maximum absolute atomic E-state index is 12.1. The van der Waals surface area contributed by atoms with E-state index >= 15 is 0 Å². The number of carbonyl (C=O) groups is 1. The van der Waals surface area contributed by atoms with Crippen molar-refractivity contribution in [2.75, 3.05) is 13.2 Å². The van der Waals surface area contributed by atoms with E-state index in [-0.39, 0.29) is 5.54 Å². The molecule has 1 spiro atoms. The van der Waals surface area contributed by atoms with Gasteiger partial charge in [-0.3, -0.25) is 10.1 Å². The average Bonchev–Trinajstić information content (AvgIpc) is 2.90. The van der Waals surface area contributed by atoms with Crippen LogP contribution in [-0.2, 0) is 4.79 Å². The van der Waals surface area contributed by atoms with Crippen LogP contribution in [0.4, 0.5) is 0 Å². The molecule has 1 aliphatic heterocycles. The Morgan fingerprint density at radius 3 is 2.19 bits per heavy atom. The molecule has 16 heavy (non-hydrogen) atoms. The van der Waals surface area contributed by atoms with Gasteiger partial charge in [0.1, 0.15) is 0 Å². The molecule has 1 amide bonds. The first-order valence-corrected chi connectivity index (χ1v) is 6.51. The topological polar surface area (TPSA) is 32.3 Å². The largest absolute Gasteiger partial charge is 0.328 e. The molecule has 0 aromatic carbocycles. The Morgan fingerprint density at radius 2 is 1.81 bits per heavy atom. The minimum atomic E-state index is -0.126. The number of rotatable bonds is 4. The molecule has 0 aromatic rings. The lowest BCUT2D eigenvalue weighted by Gasteiger charge is -2.29. The maximum Gasteiger partial charge on any atom is 0.243 e. The molecule has 1 N–H and O–H groups in total. The highest BCUT2D eigenvalue weighted by Crippen LogP contribution is 2.40. The first-order chi connectivity index (χ1) is 7.46. The fraction of sp³-hybridized carbons (Fsp3) is 0.923. The van der Waals surface area contributed by atoms with E-state index in [2.05, 4.69) is 33.0 Å². The summed E-state index contributed by atoms with van der Waals surface area (Å²) in [5.41, 5.74) is -0.126. The maximum atomic E-state index is 12.1. The highest BCUT2D eigenvalue weighted by molar-refractivity contribution is 5.91. The molecule has 3 heteroatoms. The molecule has 1 saturated heterocycles. The van der Waals surface area contributed by atoms with Gasteiger partial charge in [0.2, 0.25) is 5.91 Å². The molecule has 92 valence electrons. The molecule has 0 radical (unpaired) electrons. The Balaban J connectivity index is 1.96. The van der Waals surface area contributed by atoms with E-state index in [1.54, 1.807) is 0 Å². The van der Waals surface area contributed by atoms with Crippen LogP contribution in [0, 0.1) is 17.8 Å². The third kappa shape index (κ3) is 1.97. The van der Waals surface area contributed by atoms with E-state index in [9.17, 15) is 4.79 Å². The molecular formula is C13H24N2O. The van der Waals surface area contributed by atoms with Gasteiger partial charge in [0.15, 0.2) is 0 Å². The second-order valence-corrected chi connectivity index (χ2v) is 6.10. The standard InChI is InChI=1S/C13H24N2O/c1-9(2)11(10(3)4)7-15-8-14-13(5-6-13)12(15)16/h9-11,14H,5-8H2,1-4H3. The lowest BCUT2D eigenvalue weighted by Crippen LogP contribution is -2.37. The monoisotopic (exact) mass is 224 g/mol. The zero-order valence-corrected chi connectivity index (χ0v) is 10.9. The Kier molecular flexibility index (Phi) is 2.99. The van der Waals surface area contributed by atoms with Gasteiger partial charge in [0, 0.05) is 6.54 Å². The minimum absolute atomic E-state index is 0.126. The summed E-state index contributed by atoms with van der Waals surface area (Å²) in [6, 6.07) is 0. The van der Waals surface area contributed by atoms with Gasteiger partial charge in [0.25, 0.3) is 0 Å². The molecule has 1 saturated carbocycles. The fourth-order valence-corrected chi connectivity index (χ4v) is 2.81. The van der Waals surface area contributed by atoms with Crippen LogP contribution in [0.5, 0.6) is 0 Å². The lowest BCUT2D eigenvalue weighted by molar-refractivity contribution is -0.130. The van der Waals surface area contributed by atoms with Crippen LogP contribution < -0.4 is 5.32 Å². The highest BCUT2D eigenvalue weighted by Gasteiger charge is 2.55. The van der Waals surface area contributed by atoms with Crippen molar-refractivity contribution >= 4 is 5.91 Å². The van der Waals surface area contributed by atoms with E-state index in [4.69, 9.17) is 0 Å². The predicted octanol–water partition coefficient (Wildman–Crippen LogP) is 1.84. The third-order valence-corrected chi connectivity index (χ3v) is 4.20. The van der Waals surface area contributed by atoms with Crippen molar-refractivity contribution in [1.29, 1.82) is 0 Å². The Labute approximate surface area is 98.6 Å². The Hall–Kier alpha value is -0.570. The van der Waals surface area contributed by atoms with Crippen molar-refractivity contribution in [3.8, 4) is 0 Å². The van der Waals surface area contributed by atoms with Gasteiger partial charge in [0.05, 0.1) is 12.2 Å². The first-order valence-electron chi connectivity index (χ1n) is 6.51. The number of hydrogen-bond donors (Lipinski definition) is 1. The molecule has 1 aliphatic carbocycles. The summed E-state index contributed by atoms with van der Waals surface area (Å²) in [6.45, 7) is 10.7. The SMILES string of the molecule is CC(C)C(CN1CNC2(CC2)C1=O)C(C)C. The van der Waals surface area contributed by atoms with Crippen molar-refractivity contribution in [3.63, 3.8) is 0 Å². The third-order valence-electron chi connectivity index (χ3n) is 4.20. The van der Waals surface area contributed by atoms with Gasteiger partial charge in [-0.15, -0.1) is 0 Å². The van der Waals surface area contributed by atoms with Crippen LogP contribution in [0.2, 0.25) is 0 Å². The Morgan fingerprint density at radius 1 is 1.25 bits per heavy atom. The number of hydrogen-bond acceptors (Lipinski definition) is 2. The Bertz CT molecular complexity index is 274. The molecule has 2 rings (SSSR count). The van der Waals surface area contributed by atoms with E-state index in [1.807, 2.05) is 4.90 Å². The minimum Gasteiger partial charge on any atom is -0.328 e. The molecule has 0 bridgehead atoms. The van der Waals surface area contributed by atoms with Crippen LogP contribution in [0.15, 0.2) is 0 Å². The second kappa shape index (κ2) is 4.02. The zero-order valence-electron chi connectivity index (χ0n) is 10.9. The molecule has 0 atom stereocenters. The second-order valence-electron chi connectivity index (χ2n) is 6.10. The van der Waals surface area contributed by atoms with Gasteiger partial charge >= 0.3 is 0 Å². The number of carbonyl (C=O) groups excluding carboxylic acids is 1. The summed E-state index contributed by atoms with van der Waals surface area (Å²) < 4.78 is 0. The van der Waals surface area contributed by atoms with Crippen molar-refractivity contribution < 1.29 is 4.79 Å². The molecule has 0 unspecified atom stereocenters. The summed E-state index contributed by atoms with van der Waals surface area (Å²) in [6.07, 6.45) is 2.08. The van der Waals surface area contributed by atoms with Gasteiger partial charge in [-0.1, -0.05) is 27.7 Å². The summed E-state index contributed by atoms with van der Waals surface area (Å²) in [7, 11) is 0. The van der Waals surface area contributed by atoms with Crippen molar-refractivity contribution in [1.82, 2.24) is 10.2 Å². The molecule has 3 nitrogen and oxygen atoms in total. The fourth-order valence-electron chi connectivity index (χ4n) is 2.81. The lowest BCUT2D eigenvalue weighted by atomic mass is 9.85. The van der Waals surface area contributed by atoms with E-state index < -0.39 is 0 Å². The summed E-state index contributed by atoms with van der Waals surface area (Å²) in [5.74, 6) is 2.24. The summed E-state index contributed by atoms with van der Waals surface area (Å²) >= 11 is 0. The smallest absolute Gasteiger partial charge is 0.243 e. The molecular weight excluding hydrogens is 200 g/mol. The predicted molar refractivity (Wildman–Crippen MR) is 64.8 cm³/mol. The summed E-state index contributed by atoms with van der Waals surface area (Å²) in [5, 5.41) is 3.37. The van der Waals surface area contributed by atoms with Gasteiger partial charge in [-0.2, -0.15) is 0 Å². The van der Waals surface area contributed by atoms with Gasteiger partial charge < -0.3 is 4.90 Å². The average molecular weight is 224 g/mol. The number of nitrogens with one attached hydrogen (secondary N) is 1. The van der Waals surface area contributed by atoms with Crippen LogP contribution in [0.3, 0.4) is 0 Å². The van der Waals surface area contributed by atoms with Crippen LogP contribution >= 0.6 is 0 Å². The van der Waals surface area contributed by atoms with Crippen LogP contribution in [-0.4, -0.2) is 29.6 Å². The van der Waals surface area contributed by atoms with Crippen molar-refractivity contribution in [2.45, 2.75) is 46.1 Å². The molecule has 0 aromatic heterocycles. The quantitative estimate of drug-likeness (QED) is 0.790. The van der Waals surface area contributed by atoms with E-state index in [0.29, 0.717) is 23.7 Å². The molecule has 2 aliphatic rings. The van der Waals surface area contributed by atoms with Crippen LogP contribution in [0.1, 0.15) is 40.5 Å². The van der Waals surface area contributed by atoms with Crippen molar-refractivity contribution in [2.24, 2.45) is 17.8 Å². The van der Waals surface area contributed by atoms with Gasteiger partial charge in [-0.05, 0) is 30.6 Å². The van der Waals surface area contributed by atoms with E-state index in [0.717, 1.165) is 26.1 Å². The van der Waals surface area contributed by atoms with E-state index in [1.165, 1.54) is 0 Å². The van der Waals surface area contributed by atoms with Crippen molar-refractivity contribution in [3.05, 3.63) is 0 Å². The molecule has 1 heterocycles. The summed E-state index contributed by atoms with van der Waals surface area (Å²) in [4.78, 5) is 14.2.